The third kappa shape index (κ3) is 8.62. The number of para-hydroxylation sites is 3. The van der Waals surface area contributed by atoms with E-state index in [-0.39, 0.29) is 6.04 Å². The highest BCUT2D eigenvalue weighted by molar-refractivity contribution is 5.81. The summed E-state index contributed by atoms with van der Waals surface area (Å²) in [6.45, 7) is 6.45. The lowest BCUT2D eigenvalue weighted by Gasteiger charge is -2.36. The first kappa shape index (κ1) is 38.9. The van der Waals surface area contributed by atoms with E-state index in [4.69, 9.17) is 0 Å². The summed E-state index contributed by atoms with van der Waals surface area (Å²) >= 11 is 0. The Morgan fingerprint density at radius 3 is 1.02 bits per heavy atom. The molecular formula is C57H50N4. The van der Waals surface area contributed by atoms with E-state index >= 15 is 0 Å². The lowest BCUT2D eigenvalue weighted by atomic mass is 10.0. The zero-order valence-electron chi connectivity index (χ0n) is 35.0. The SMILES string of the molecule is Cc1cccc(N(C2=CCC(N(c3ccc(N(c4ccccc4)c4cccc(C)c4)cc3)c3ccc(N(c4ccccc4)c4cccc(C)c4)cc3)C=C2)c2ccccc2)c1. The molecule has 0 saturated carbocycles. The van der Waals surface area contributed by atoms with Crippen LogP contribution in [0, 0.1) is 20.8 Å². The van der Waals surface area contributed by atoms with Gasteiger partial charge < -0.3 is 19.6 Å². The molecule has 0 bridgehead atoms. The Morgan fingerprint density at radius 2 is 0.656 bits per heavy atom. The van der Waals surface area contributed by atoms with Crippen LogP contribution in [0.4, 0.5) is 56.9 Å². The highest BCUT2D eigenvalue weighted by Crippen LogP contribution is 2.41. The first-order valence-corrected chi connectivity index (χ1v) is 21.1. The molecule has 1 aliphatic rings. The number of aryl methyl sites for hydroxylation is 3. The Kier molecular flexibility index (Phi) is 11.3. The van der Waals surface area contributed by atoms with Gasteiger partial charge in [-0.1, -0.05) is 103 Å². The summed E-state index contributed by atoms with van der Waals surface area (Å²) in [4.78, 5) is 9.51. The molecule has 0 radical (unpaired) electrons. The van der Waals surface area contributed by atoms with Crippen LogP contribution in [-0.2, 0) is 0 Å². The molecule has 1 unspecified atom stereocenters. The minimum atomic E-state index is 0.0691. The smallest absolute Gasteiger partial charge is 0.0561 e. The molecule has 1 atom stereocenters. The fourth-order valence-corrected chi connectivity index (χ4v) is 8.39. The van der Waals surface area contributed by atoms with Crippen molar-refractivity contribution in [1.29, 1.82) is 0 Å². The van der Waals surface area contributed by atoms with Crippen molar-refractivity contribution in [3.63, 3.8) is 0 Å². The van der Waals surface area contributed by atoms with Crippen LogP contribution in [0.5, 0.6) is 0 Å². The Bertz CT molecular complexity index is 2630. The van der Waals surface area contributed by atoms with Gasteiger partial charge in [-0.2, -0.15) is 0 Å². The predicted molar refractivity (Wildman–Crippen MR) is 259 cm³/mol. The van der Waals surface area contributed by atoms with Crippen molar-refractivity contribution in [1.82, 2.24) is 0 Å². The number of anilines is 10. The topological polar surface area (TPSA) is 13.0 Å². The van der Waals surface area contributed by atoms with E-state index in [9.17, 15) is 0 Å². The number of allylic oxidation sites excluding steroid dienone is 1. The molecule has 0 amide bonds. The molecule has 9 rings (SSSR count). The van der Waals surface area contributed by atoms with Gasteiger partial charge in [0.2, 0.25) is 0 Å². The average Bonchev–Trinajstić information content (AvgIpc) is 3.30. The molecule has 0 fully saturated rings. The predicted octanol–water partition coefficient (Wildman–Crippen LogP) is 15.7. The molecule has 0 N–H and O–H groups in total. The minimum Gasteiger partial charge on any atom is -0.334 e. The van der Waals surface area contributed by atoms with Gasteiger partial charge in [-0.3, -0.25) is 0 Å². The maximum atomic E-state index is 2.48. The summed E-state index contributed by atoms with van der Waals surface area (Å²) in [5.74, 6) is 0. The molecule has 0 saturated heterocycles. The zero-order chi connectivity index (χ0) is 41.5. The summed E-state index contributed by atoms with van der Waals surface area (Å²) in [7, 11) is 0. The molecule has 0 spiro atoms. The second kappa shape index (κ2) is 17.7. The molecule has 4 heteroatoms. The highest BCUT2D eigenvalue weighted by Gasteiger charge is 2.24. The van der Waals surface area contributed by atoms with E-state index in [0.29, 0.717) is 0 Å². The second-order valence-electron chi connectivity index (χ2n) is 15.7. The van der Waals surface area contributed by atoms with Crippen LogP contribution in [0.2, 0.25) is 0 Å². The van der Waals surface area contributed by atoms with E-state index in [0.717, 1.165) is 69.0 Å². The Balaban J connectivity index is 1.10. The monoisotopic (exact) mass is 790 g/mol. The zero-order valence-corrected chi connectivity index (χ0v) is 35.0. The van der Waals surface area contributed by atoms with Crippen LogP contribution in [-0.4, -0.2) is 6.04 Å². The average molecular weight is 791 g/mol. The summed E-state index contributed by atoms with van der Waals surface area (Å²) in [5, 5.41) is 0. The molecule has 8 aromatic carbocycles. The lowest BCUT2D eigenvalue weighted by molar-refractivity contribution is 0.776. The van der Waals surface area contributed by atoms with E-state index in [2.05, 4.69) is 271 Å². The standard InChI is InChI=1S/C57H50N4/c1-43-16-13-25-55(40-43)59(46-19-7-4-8-20-46)52-34-28-49(29-35-52)58(50-30-36-53(37-31-50)60(47-21-9-5-10-22-47)56-26-14-17-44(2)41-56)51-32-38-54(39-33-51)61(48-23-11-6-12-24-48)57-27-15-18-45(3)42-57/h4-32,34-42,51H,33H2,1-3H3. The van der Waals surface area contributed by atoms with Crippen LogP contribution >= 0.6 is 0 Å². The molecule has 0 aromatic heterocycles. The Morgan fingerprint density at radius 1 is 0.328 bits per heavy atom. The van der Waals surface area contributed by atoms with E-state index in [1.54, 1.807) is 0 Å². The van der Waals surface area contributed by atoms with Gasteiger partial charge in [-0.05, 0) is 171 Å². The van der Waals surface area contributed by atoms with Gasteiger partial charge in [-0.25, -0.2) is 0 Å². The normalized spacial score (nSPS) is 13.3. The van der Waals surface area contributed by atoms with Gasteiger partial charge >= 0.3 is 0 Å². The van der Waals surface area contributed by atoms with Gasteiger partial charge in [0.15, 0.2) is 0 Å². The van der Waals surface area contributed by atoms with Gasteiger partial charge in [0, 0.05) is 62.6 Å². The van der Waals surface area contributed by atoms with E-state index < -0.39 is 0 Å². The van der Waals surface area contributed by atoms with Crippen molar-refractivity contribution in [2.24, 2.45) is 0 Å². The second-order valence-corrected chi connectivity index (χ2v) is 15.7. The van der Waals surface area contributed by atoms with Gasteiger partial charge in [0.25, 0.3) is 0 Å². The third-order valence-electron chi connectivity index (χ3n) is 11.2. The number of hydrogen-bond acceptors (Lipinski definition) is 4. The largest absolute Gasteiger partial charge is 0.334 e. The summed E-state index contributed by atoms with van der Waals surface area (Å²) in [6, 6.07) is 76.2. The van der Waals surface area contributed by atoms with E-state index in [1.165, 1.54) is 16.7 Å². The number of hydrogen-bond donors (Lipinski definition) is 0. The molecule has 298 valence electrons. The molecule has 1 aliphatic carbocycles. The highest BCUT2D eigenvalue weighted by atomic mass is 15.2. The minimum absolute atomic E-state index is 0.0691. The number of rotatable bonds is 12. The summed E-state index contributed by atoms with van der Waals surface area (Å²) in [5.41, 5.74) is 16.1. The third-order valence-corrected chi connectivity index (χ3v) is 11.2. The molecule has 0 heterocycles. The van der Waals surface area contributed by atoms with Crippen LogP contribution in [0.25, 0.3) is 0 Å². The van der Waals surface area contributed by atoms with Crippen LogP contribution in [0.1, 0.15) is 23.1 Å². The Labute approximate surface area is 361 Å². The van der Waals surface area contributed by atoms with E-state index in [1.807, 2.05) is 0 Å². The molecule has 0 aliphatic heterocycles. The van der Waals surface area contributed by atoms with Crippen molar-refractivity contribution >= 4 is 56.9 Å². The summed E-state index contributed by atoms with van der Waals surface area (Å²) < 4.78 is 0. The maximum absolute atomic E-state index is 2.48. The fraction of sp³-hybridized carbons (Fsp3) is 0.0877. The number of benzene rings is 8. The van der Waals surface area contributed by atoms with Gasteiger partial charge in [0.05, 0.1) is 6.04 Å². The fourth-order valence-electron chi connectivity index (χ4n) is 8.39. The maximum Gasteiger partial charge on any atom is 0.0561 e. The van der Waals surface area contributed by atoms with Gasteiger partial charge in [-0.15, -0.1) is 0 Å². The first-order valence-electron chi connectivity index (χ1n) is 21.1. The summed E-state index contributed by atoms with van der Waals surface area (Å²) in [6.07, 6.45) is 7.88. The van der Waals surface area contributed by atoms with Crippen molar-refractivity contribution < 1.29 is 0 Å². The quantitative estimate of drug-likeness (QED) is 0.122. The van der Waals surface area contributed by atoms with Crippen LogP contribution in [0.15, 0.2) is 236 Å². The lowest BCUT2D eigenvalue weighted by Crippen LogP contribution is -2.31. The van der Waals surface area contributed by atoms with Crippen molar-refractivity contribution in [3.8, 4) is 0 Å². The van der Waals surface area contributed by atoms with Crippen molar-refractivity contribution in [2.45, 2.75) is 33.2 Å². The van der Waals surface area contributed by atoms with Crippen molar-refractivity contribution in [2.75, 3.05) is 19.6 Å². The van der Waals surface area contributed by atoms with Crippen LogP contribution < -0.4 is 19.6 Å². The molecule has 4 nitrogen and oxygen atoms in total. The molecular weight excluding hydrogens is 741 g/mol. The van der Waals surface area contributed by atoms with Crippen molar-refractivity contribution in [3.05, 3.63) is 253 Å². The first-order chi connectivity index (χ1) is 30.0. The van der Waals surface area contributed by atoms with Gasteiger partial charge in [0.1, 0.15) is 0 Å². The molecule has 8 aromatic rings. The number of nitrogens with zero attached hydrogens (tertiary/aromatic N) is 4. The Hall–Kier alpha value is -7.56. The van der Waals surface area contributed by atoms with Crippen LogP contribution in [0.3, 0.4) is 0 Å². The molecule has 61 heavy (non-hydrogen) atoms.